The Labute approximate surface area is 110 Å². The fraction of sp³-hybridized carbons (Fsp3) is 0.417. The first-order valence-electron chi connectivity index (χ1n) is 6.04. The fourth-order valence-electron chi connectivity index (χ4n) is 1.69. The first-order valence-corrected chi connectivity index (χ1v) is 6.04. The number of hydrogen-bond acceptors (Lipinski definition) is 5. The Morgan fingerprint density at radius 1 is 1.47 bits per heavy atom. The molecular weight excluding hydrogens is 246 g/mol. The van der Waals surface area contributed by atoms with E-state index in [0.717, 1.165) is 19.5 Å². The normalized spacial score (nSPS) is 11.1. The molecule has 0 saturated carbocycles. The van der Waals surface area contributed by atoms with E-state index in [1.807, 2.05) is 14.1 Å². The molecule has 0 bridgehead atoms. The summed E-state index contributed by atoms with van der Waals surface area (Å²) in [6.07, 6.45) is 2.42. The van der Waals surface area contributed by atoms with Gasteiger partial charge in [0.05, 0.1) is 6.20 Å². The summed E-state index contributed by atoms with van der Waals surface area (Å²) in [5.41, 5.74) is 0.522. The maximum Gasteiger partial charge on any atom is 0.356 e. The number of carboxylic acids is 1. The highest BCUT2D eigenvalue weighted by atomic mass is 16.4. The maximum atomic E-state index is 10.8. The van der Waals surface area contributed by atoms with Gasteiger partial charge in [0.1, 0.15) is 5.82 Å². The number of hydrogen-bond donors (Lipinski definition) is 2. The molecule has 7 heteroatoms. The first kappa shape index (κ1) is 13.3. The van der Waals surface area contributed by atoms with E-state index < -0.39 is 5.97 Å². The van der Waals surface area contributed by atoms with Crippen LogP contribution in [-0.2, 0) is 0 Å². The smallest absolute Gasteiger partial charge is 0.356 e. The highest BCUT2D eigenvalue weighted by Gasteiger charge is 2.09. The van der Waals surface area contributed by atoms with Crippen LogP contribution in [0.2, 0.25) is 0 Å². The van der Waals surface area contributed by atoms with Crippen molar-refractivity contribution < 1.29 is 9.90 Å². The molecule has 2 heterocycles. The summed E-state index contributed by atoms with van der Waals surface area (Å²) < 4.78 is 1.47. The lowest BCUT2D eigenvalue weighted by Crippen LogP contribution is -2.16. The van der Waals surface area contributed by atoms with Crippen LogP contribution in [0.5, 0.6) is 0 Å². The molecule has 0 spiro atoms. The van der Waals surface area contributed by atoms with E-state index in [4.69, 9.17) is 5.11 Å². The third kappa shape index (κ3) is 3.41. The highest BCUT2D eigenvalue weighted by molar-refractivity contribution is 5.86. The van der Waals surface area contributed by atoms with Gasteiger partial charge in [-0.1, -0.05) is 0 Å². The molecule has 102 valence electrons. The SMILES string of the molecule is CN(C)CCCNc1ccc2nc(C(=O)O)cn2n1. The predicted octanol–water partition coefficient (Wildman–Crippen LogP) is 0.791. The molecule has 0 fully saturated rings. The molecule has 0 aromatic carbocycles. The van der Waals surface area contributed by atoms with Crippen LogP contribution in [0, 0.1) is 0 Å². The third-order valence-electron chi connectivity index (χ3n) is 2.63. The van der Waals surface area contributed by atoms with E-state index >= 15 is 0 Å². The monoisotopic (exact) mass is 263 g/mol. The number of imidazole rings is 1. The van der Waals surface area contributed by atoms with E-state index in [0.29, 0.717) is 11.5 Å². The molecular formula is C12H17N5O2. The third-order valence-corrected chi connectivity index (χ3v) is 2.63. The topological polar surface area (TPSA) is 82.8 Å². The van der Waals surface area contributed by atoms with Crippen molar-refractivity contribution in [2.75, 3.05) is 32.5 Å². The quantitative estimate of drug-likeness (QED) is 0.750. The average molecular weight is 263 g/mol. The van der Waals surface area contributed by atoms with Crippen LogP contribution in [0.3, 0.4) is 0 Å². The van der Waals surface area contributed by atoms with Crippen molar-refractivity contribution in [3.8, 4) is 0 Å². The van der Waals surface area contributed by atoms with Crippen molar-refractivity contribution in [2.24, 2.45) is 0 Å². The number of fused-ring (bicyclic) bond motifs is 1. The number of aromatic nitrogens is 3. The van der Waals surface area contributed by atoms with Crippen LogP contribution in [-0.4, -0.2) is 57.8 Å². The second kappa shape index (κ2) is 5.66. The van der Waals surface area contributed by atoms with Gasteiger partial charge in [-0.05, 0) is 39.2 Å². The summed E-state index contributed by atoms with van der Waals surface area (Å²) >= 11 is 0. The molecule has 19 heavy (non-hydrogen) atoms. The van der Waals surface area contributed by atoms with Gasteiger partial charge < -0.3 is 15.3 Å². The minimum Gasteiger partial charge on any atom is -0.476 e. The zero-order chi connectivity index (χ0) is 13.8. The Hall–Kier alpha value is -2.15. The molecule has 7 nitrogen and oxygen atoms in total. The van der Waals surface area contributed by atoms with Crippen LogP contribution in [0.1, 0.15) is 16.9 Å². The summed E-state index contributed by atoms with van der Waals surface area (Å²) in [5.74, 6) is -0.341. The van der Waals surface area contributed by atoms with Crippen molar-refractivity contribution in [3.05, 3.63) is 24.0 Å². The summed E-state index contributed by atoms with van der Waals surface area (Å²) in [6.45, 7) is 1.82. The molecule has 2 aromatic rings. The Morgan fingerprint density at radius 3 is 2.95 bits per heavy atom. The van der Waals surface area contributed by atoms with Gasteiger partial charge >= 0.3 is 5.97 Å². The highest BCUT2D eigenvalue weighted by Crippen LogP contribution is 2.08. The van der Waals surface area contributed by atoms with Gasteiger partial charge in [-0.3, -0.25) is 0 Å². The van der Waals surface area contributed by atoms with E-state index in [2.05, 4.69) is 20.3 Å². The predicted molar refractivity (Wildman–Crippen MR) is 71.6 cm³/mol. The molecule has 0 aliphatic carbocycles. The van der Waals surface area contributed by atoms with Crippen LogP contribution < -0.4 is 5.32 Å². The Bertz CT molecular complexity index is 579. The van der Waals surface area contributed by atoms with Crippen LogP contribution in [0.4, 0.5) is 5.82 Å². The number of carboxylic acid groups (broad SMARTS) is 1. The van der Waals surface area contributed by atoms with Gasteiger partial charge in [-0.2, -0.15) is 0 Å². The summed E-state index contributed by atoms with van der Waals surface area (Å²) in [4.78, 5) is 16.9. The lowest BCUT2D eigenvalue weighted by Gasteiger charge is -2.10. The van der Waals surface area contributed by atoms with E-state index in [1.165, 1.54) is 10.7 Å². The van der Waals surface area contributed by atoms with Crippen molar-refractivity contribution in [1.82, 2.24) is 19.5 Å². The second-order valence-electron chi connectivity index (χ2n) is 4.54. The zero-order valence-corrected chi connectivity index (χ0v) is 11.0. The summed E-state index contributed by atoms with van der Waals surface area (Å²) in [6, 6.07) is 3.54. The number of nitrogens with zero attached hydrogens (tertiary/aromatic N) is 4. The lowest BCUT2D eigenvalue weighted by molar-refractivity contribution is 0.0691. The van der Waals surface area contributed by atoms with Crippen molar-refractivity contribution in [2.45, 2.75) is 6.42 Å². The summed E-state index contributed by atoms with van der Waals surface area (Å²) in [5, 5.41) is 16.3. The standard InChI is InChI=1S/C12H17N5O2/c1-16(2)7-3-6-13-10-4-5-11-14-9(12(18)19)8-17(11)15-10/h4-5,8H,3,6-7H2,1-2H3,(H,13,15)(H,18,19). The number of carbonyl (C=O) groups is 1. The van der Waals surface area contributed by atoms with E-state index in [1.54, 1.807) is 12.1 Å². The molecule has 0 atom stereocenters. The number of nitrogens with one attached hydrogen (secondary N) is 1. The molecule has 2 aromatic heterocycles. The molecule has 0 aliphatic rings. The van der Waals surface area contributed by atoms with Crippen molar-refractivity contribution >= 4 is 17.4 Å². The summed E-state index contributed by atoms with van der Waals surface area (Å²) in [7, 11) is 4.06. The molecule has 0 radical (unpaired) electrons. The Balaban J connectivity index is 2.02. The molecule has 2 N–H and O–H groups in total. The van der Waals surface area contributed by atoms with E-state index in [-0.39, 0.29) is 5.69 Å². The molecule has 2 rings (SSSR count). The fourth-order valence-corrected chi connectivity index (χ4v) is 1.69. The molecule has 0 saturated heterocycles. The van der Waals surface area contributed by atoms with Crippen molar-refractivity contribution in [3.63, 3.8) is 0 Å². The van der Waals surface area contributed by atoms with E-state index in [9.17, 15) is 4.79 Å². The van der Waals surface area contributed by atoms with Crippen LogP contribution in [0.15, 0.2) is 18.3 Å². The molecule has 0 amide bonds. The average Bonchev–Trinajstić information content (AvgIpc) is 2.77. The lowest BCUT2D eigenvalue weighted by atomic mass is 10.4. The van der Waals surface area contributed by atoms with Crippen LogP contribution in [0.25, 0.3) is 5.65 Å². The molecule has 0 unspecified atom stereocenters. The van der Waals surface area contributed by atoms with Gasteiger partial charge in [-0.15, -0.1) is 5.10 Å². The van der Waals surface area contributed by atoms with Gasteiger partial charge in [-0.25, -0.2) is 14.3 Å². The van der Waals surface area contributed by atoms with Gasteiger partial charge in [0, 0.05) is 6.54 Å². The Morgan fingerprint density at radius 2 is 2.26 bits per heavy atom. The zero-order valence-electron chi connectivity index (χ0n) is 11.0. The second-order valence-corrected chi connectivity index (χ2v) is 4.54. The number of anilines is 1. The minimum absolute atomic E-state index is 0.00254. The molecule has 0 aliphatic heterocycles. The van der Waals surface area contributed by atoms with Crippen LogP contribution >= 0.6 is 0 Å². The first-order chi connectivity index (χ1) is 9.06. The van der Waals surface area contributed by atoms with Gasteiger partial charge in [0.15, 0.2) is 11.3 Å². The minimum atomic E-state index is -1.05. The van der Waals surface area contributed by atoms with Gasteiger partial charge in [0.25, 0.3) is 0 Å². The Kier molecular flexibility index (Phi) is 3.96. The van der Waals surface area contributed by atoms with Gasteiger partial charge in [0.2, 0.25) is 0 Å². The van der Waals surface area contributed by atoms with Crippen molar-refractivity contribution in [1.29, 1.82) is 0 Å². The number of aromatic carboxylic acids is 1. The maximum absolute atomic E-state index is 10.8. The largest absolute Gasteiger partial charge is 0.476 e. The number of rotatable bonds is 6.